The lowest BCUT2D eigenvalue weighted by atomic mass is 10.1. The van der Waals surface area contributed by atoms with Crippen molar-refractivity contribution >= 4 is 22.9 Å². The van der Waals surface area contributed by atoms with Crippen LogP contribution in [0.25, 0.3) is 16.9 Å². The maximum absolute atomic E-state index is 12.3. The van der Waals surface area contributed by atoms with Crippen LogP contribution in [0.15, 0.2) is 48.9 Å². The zero-order valence-corrected chi connectivity index (χ0v) is 14.4. The first-order valence-electron chi connectivity index (χ1n) is 8.52. The van der Waals surface area contributed by atoms with Gasteiger partial charge in [-0.15, -0.1) is 0 Å². The van der Waals surface area contributed by atoms with Crippen LogP contribution in [-0.2, 0) is 4.79 Å². The first kappa shape index (κ1) is 17.6. The van der Waals surface area contributed by atoms with Gasteiger partial charge in [0.25, 0.3) is 5.91 Å². The molecule has 0 spiro atoms. The number of fused-ring (bicyclic) bond motifs is 1. The SMILES string of the molecule is CCCC[C@H](NC(=O)c1ccc(-n2cnc3ccccc32)nc1)C(=O)O. The molecule has 7 heteroatoms. The van der Waals surface area contributed by atoms with Gasteiger partial charge in [-0.2, -0.15) is 0 Å². The molecule has 2 aromatic heterocycles. The van der Waals surface area contributed by atoms with Gasteiger partial charge in [-0.1, -0.05) is 31.9 Å². The molecule has 0 aliphatic rings. The fourth-order valence-corrected chi connectivity index (χ4v) is 2.71. The Morgan fingerprint density at radius 2 is 2.00 bits per heavy atom. The summed E-state index contributed by atoms with van der Waals surface area (Å²) < 4.78 is 1.83. The molecule has 0 saturated heterocycles. The topological polar surface area (TPSA) is 97.1 Å². The zero-order valence-electron chi connectivity index (χ0n) is 14.4. The molecule has 7 nitrogen and oxygen atoms in total. The lowest BCUT2D eigenvalue weighted by Gasteiger charge is -2.14. The van der Waals surface area contributed by atoms with Crippen molar-refractivity contribution < 1.29 is 14.7 Å². The van der Waals surface area contributed by atoms with Crippen molar-refractivity contribution in [3.05, 3.63) is 54.5 Å². The van der Waals surface area contributed by atoms with Gasteiger partial charge in [-0.05, 0) is 30.7 Å². The predicted molar refractivity (Wildman–Crippen MR) is 97.3 cm³/mol. The lowest BCUT2D eigenvalue weighted by molar-refractivity contribution is -0.139. The van der Waals surface area contributed by atoms with Crippen LogP contribution >= 0.6 is 0 Å². The molecular formula is C19H20N4O3. The van der Waals surface area contributed by atoms with Gasteiger partial charge in [0, 0.05) is 6.20 Å². The lowest BCUT2D eigenvalue weighted by Crippen LogP contribution is -2.40. The molecule has 0 saturated carbocycles. The van der Waals surface area contributed by atoms with Gasteiger partial charge in [-0.25, -0.2) is 14.8 Å². The zero-order chi connectivity index (χ0) is 18.5. The van der Waals surface area contributed by atoms with Crippen molar-refractivity contribution in [2.45, 2.75) is 32.2 Å². The van der Waals surface area contributed by atoms with E-state index in [1.165, 1.54) is 6.20 Å². The summed E-state index contributed by atoms with van der Waals surface area (Å²) in [6.45, 7) is 1.98. The Labute approximate surface area is 150 Å². The molecule has 3 aromatic rings. The van der Waals surface area contributed by atoms with E-state index in [1.807, 2.05) is 35.8 Å². The summed E-state index contributed by atoms with van der Waals surface area (Å²) in [7, 11) is 0. The Morgan fingerprint density at radius 1 is 1.19 bits per heavy atom. The Kier molecular flexibility index (Phi) is 5.26. The number of pyridine rings is 1. The van der Waals surface area contributed by atoms with Crippen LogP contribution in [-0.4, -0.2) is 37.6 Å². The molecule has 0 radical (unpaired) electrons. The Hall–Kier alpha value is -3.22. The highest BCUT2D eigenvalue weighted by atomic mass is 16.4. The number of nitrogens with zero attached hydrogens (tertiary/aromatic N) is 3. The number of unbranched alkanes of at least 4 members (excludes halogenated alkanes) is 1. The molecule has 1 aromatic carbocycles. The molecule has 3 rings (SSSR count). The fourth-order valence-electron chi connectivity index (χ4n) is 2.71. The van der Waals surface area contributed by atoms with E-state index in [0.29, 0.717) is 17.8 Å². The Bertz CT molecular complexity index is 918. The predicted octanol–water partition coefficient (Wildman–Crippen LogP) is 2.79. The average molecular weight is 352 g/mol. The highest BCUT2D eigenvalue weighted by Gasteiger charge is 2.20. The number of carboxylic acid groups (broad SMARTS) is 1. The molecule has 134 valence electrons. The summed E-state index contributed by atoms with van der Waals surface area (Å²) in [5.41, 5.74) is 2.10. The maximum atomic E-state index is 12.3. The molecule has 1 amide bonds. The maximum Gasteiger partial charge on any atom is 0.326 e. The summed E-state index contributed by atoms with van der Waals surface area (Å²) in [5.74, 6) is -0.833. The molecule has 0 fully saturated rings. The van der Waals surface area contributed by atoms with E-state index in [9.17, 15) is 14.7 Å². The minimum Gasteiger partial charge on any atom is -0.480 e. The van der Waals surface area contributed by atoms with Gasteiger partial charge in [0.15, 0.2) is 0 Å². The van der Waals surface area contributed by atoms with E-state index < -0.39 is 17.9 Å². The van der Waals surface area contributed by atoms with Gasteiger partial charge >= 0.3 is 5.97 Å². The number of carbonyl (C=O) groups is 2. The minimum absolute atomic E-state index is 0.320. The molecule has 0 unspecified atom stereocenters. The number of carboxylic acids is 1. The third kappa shape index (κ3) is 3.72. The molecule has 2 N–H and O–H groups in total. The molecule has 0 aliphatic heterocycles. The van der Waals surface area contributed by atoms with E-state index in [-0.39, 0.29) is 0 Å². The van der Waals surface area contributed by atoms with Crippen molar-refractivity contribution in [1.82, 2.24) is 19.9 Å². The van der Waals surface area contributed by atoms with Crippen LogP contribution in [0.4, 0.5) is 0 Å². The number of aromatic nitrogens is 3. The van der Waals surface area contributed by atoms with Crippen molar-refractivity contribution in [3.8, 4) is 5.82 Å². The van der Waals surface area contributed by atoms with Crippen LogP contribution in [0.5, 0.6) is 0 Å². The third-order valence-corrected chi connectivity index (χ3v) is 4.16. The van der Waals surface area contributed by atoms with Crippen LogP contribution in [0, 0.1) is 0 Å². The van der Waals surface area contributed by atoms with Gasteiger partial charge in [-0.3, -0.25) is 9.36 Å². The smallest absolute Gasteiger partial charge is 0.326 e. The van der Waals surface area contributed by atoms with Crippen molar-refractivity contribution in [2.75, 3.05) is 0 Å². The van der Waals surface area contributed by atoms with Gasteiger partial charge in [0.05, 0.1) is 16.6 Å². The Morgan fingerprint density at radius 3 is 2.69 bits per heavy atom. The fraction of sp³-hybridized carbons (Fsp3) is 0.263. The largest absolute Gasteiger partial charge is 0.480 e. The van der Waals surface area contributed by atoms with E-state index in [1.54, 1.807) is 18.5 Å². The van der Waals surface area contributed by atoms with Crippen LogP contribution in [0.1, 0.15) is 36.5 Å². The molecule has 26 heavy (non-hydrogen) atoms. The number of amides is 1. The van der Waals surface area contributed by atoms with Crippen molar-refractivity contribution in [3.63, 3.8) is 0 Å². The summed E-state index contributed by atoms with van der Waals surface area (Å²) in [6.07, 6.45) is 5.14. The normalized spacial score (nSPS) is 12.0. The summed E-state index contributed by atoms with van der Waals surface area (Å²) in [4.78, 5) is 32.2. The molecule has 0 aliphatic carbocycles. The first-order chi connectivity index (χ1) is 12.6. The highest BCUT2D eigenvalue weighted by Crippen LogP contribution is 2.16. The molecule has 2 heterocycles. The number of hydrogen-bond donors (Lipinski definition) is 2. The van der Waals surface area contributed by atoms with Gasteiger partial charge < -0.3 is 10.4 Å². The number of para-hydroxylation sites is 2. The standard InChI is InChI=1S/C19H20N4O3/c1-2-3-6-15(19(25)26)22-18(24)13-9-10-17(20-11-13)23-12-21-14-7-4-5-8-16(14)23/h4-5,7-12,15H,2-3,6H2,1H3,(H,22,24)(H,25,26)/t15-/m0/s1. The number of hydrogen-bond acceptors (Lipinski definition) is 4. The number of nitrogens with one attached hydrogen (secondary N) is 1. The highest BCUT2D eigenvalue weighted by molar-refractivity contribution is 5.96. The van der Waals surface area contributed by atoms with Crippen LogP contribution in [0.3, 0.4) is 0 Å². The molecule has 0 bridgehead atoms. The monoisotopic (exact) mass is 352 g/mol. The Balaban J connectivity index is 1.76. The molecule has 1 atom stereocenters. The van der Waals surface area contributed by atoms with E-state index in [2.05, 4.69) is 15.3 Å². The van der Waals surface area contributed by atoms with E-state index in [0.717, 1.165) is 23.9 Å². The summed E-state index contributed by atoms with van der Waals surface area (Å²) in [6, 6.07) is 10.1. The van der Waals surface area contributed by atoms with Crippen molar-refractivity contribution in [2.24, 2.45) is 0 Å². The average Bonchev–Trinajstić information content (AvgIpc) is 3.09. The second-order valence-electron chi connectivity index (χ2n) is 6.01. The van der Waals surface area contributed by atoms with E-state index in [4.69, 9.17) is 0 Å². The van der Waals surface area contributed by atoms with Crippen LogP contribution < -0.4 is 5.32 Å². The molecular weight excluding hydrogens is 332 g/mol. The number of aliphatic carboxylic acids is 1. The minimum atomic E-state index is -1.03. The summed E-state index contributed by atoms with van der Waals surface area (Å²) >= 11 is 0. The van der Waals surface area contributed by atoms with Gasteiger partial charge in [0.2, 0.25) is 0 Å². The summed E-state index contributed by atoms with van der Waals surface area (Å²) in [5, 5.41) is 11.8. The number of imidazole rings is 1. The second-order valence-corrected chi connectivity index (χ2v) is 6.01. The second kappa shape index (κ2) is 7.77. The van der Waals surface area contributed by atoms with Crippen molar-refractivity contribution in [1.29, 1.82) is 0 Å². The van der Waals surface area contributed by atoms with Crippen LogP contribution in [0.2, 0.25) is 0 Å². The first-order valence-corrected chi connectivity index (χ1v) is 8.52. The van der Waals surface area contributed by atoms with Gasteiger partial charge in [0.1, 0.15) is 18.2 Å². The number of benzene rings is 1. The number of carbonyl (C=O) groups excluding carboxylic acids is 1. The number of rotatable bonds is 7. The quantitative estimate of drug-likeness (QED) is 0.681. The third-order valence-electron chi connectivity index (χ3n) is 4.16. The van der Waals surface area contributed by atoms with E-state index >= 15 is 0 Å².